The standard InChI is InChI=1S/C20H25N3O2S/c1-14-6-5-7-15(12-14)17-8-3-2-4-10-23(17)20(24)22-19-21-16-9-11-25-13-18(16)26-19/h5-7,12,17H,2-4,8-11,13H2,1H3,(H,21,22,24)/t17-/m0/s1. The Balaban J connectivity index is 1.54. The number of nitrogens with zero attached hydrogens (tertiary/aromatic N) is 2. The predicted molar refractivity (Wildman–Crippen MR) is 104 cm³/mol. The van der Waals surface area contributed by atoms with Crippen LogP contribution in [0.15, 0.2) is 24.3 Å². The maximum atomic E-state index is 13.1. The van der Waals surface area contributed by atoms with Crippen LogP contribution in [0.4, 0.5) is 9.93 Å². The van der Waals surface area contributed by atoms with Crippen molar-refractivity contribution in [2.24, 2.45) is 0 Å². The zero-order valence-electron chi connectivity index (χ0n) is 15.2. The van der Waals surface area contributed by atoms with E-state index in [-0.39, 0.29) is 12.1 Å². The summed E-state index contributed by atoms with van der Waals surface area (Å²) in [6.45, 7) is 4.22. The lowest BCUT2D eigenvalue weighted by Crippen LogP contribution is -2.38. The number of nitrogens with one attached hydrogen (secondary N) is 1. The van der Waals surface area contributed by atoms with E-state index < -0.39 is 0 Å². The van der Waals surface area contributed by atoms with E-state index in [2.05, 4.69) is 41.5 Å². The maximum absolute atomic E-state index is 13.1. The summed E-state index contributed by atoms with van der Waals surface area (Å²) in [5.41, 5.74) is 3.54. The largest absolute Gasteiger partial charge is 0.375 e. The molecule has 0 spiro atoms. The van der Waals surface area contributed by atoms with Crippen LogP contribution in [-0.4, -0.2) is 29.1 Å². The van der Waals surface area contributed by atoms with Gasteiger partial charge in [0.2, 0.25) is 0 Å². The number of hydrogen-bond acceptors (Lipinski definition) is 4. The maximum Gasteiger partial charge on any atom is 0.324 e. The molecule has 5 nitrogen and oxygen atoms in total. The molecule has 2 amide bonds. The Bertz CT molecular complexity index is 766. The molecule has 0 saturated carbocycles. The molecule has 2 aromatic rings. The number of carbonyl (C=O) groups excluding carboxylic acids is 1. The summed E-state index contributed by atoms with van der Waals surface area (Å²) in [5.74, 6) is 0. The summed E-state index contributed by atoms with van der Waals surface area (Å²) < 4.78 is 5.48. The van der Waals surface area contributed by atoms with Crippen LogP contribution in [0.2, 0.25) is 0 Å². The summed E-state index contributed by atoms with van der Waals surface area (Å²) in [5, 5.41) is 3.74. The van der Waals surface area contributed by atoms with Gasteiger partial charge in [-0.2, -0.15) is 0 Å². The van der Waals surface area contributed by atoms with Crippen LogP contribution in [0, 0.1) is 6.92 Å². The highest BCUT2D eigenvalue weighted by atomic mass is 32.1. The minimum Gasteiger partial charge on any atom is -0.375 e. The second-order valence-corrected chi connectivity index (χ2v) is 8.18. The van der Waals surface area contributed by atoms with Crippen LogP contribution >= 0.6 is 11.3 Å². The number of ether oxygens (including phenoxy) is 1. The van der Waals surface area contributed by atoms with E-state index in [1.165, 1.54) is 28.9 Å². The number of aromatic nitrogens is 1. The third kappa shape index (κ3) is 3.76. The highest BCUT2D eigenvalue weighted by Gasteiger charge is 2.28. The second-order valence-electron chi connectivity index (χ2n) is 7.09. The Morgan fingerprint density at radius 2 is 2.27 bits per heavy atom. The Morgan fingerprint density at radius 1 is 1.35 bits per heavy atom. The van der Waals surface area contributed by atoms with E-state index in [1.807, 2.05) is 4.90 Å². The van der Waals surface area contributed by atoms with Crippen LogP contribution in [0.3, 0.4) is 0 Å². The molecule has 26 heavy (non-hydrogen) atoms. The first-order valence-electron chi connectivity index (χ1n) is 9.41. The van der Waals surface area contributed by atoms with E-state index in [0.29, 0.717) is 18.3 Å². The number of urea groups is 1. The van der Waals surface area contributed by atoms with Gasteiger partial charge in [0.15, 0.2) is 5.13 Å². The van der Waals surface area contributed by atoms with Gasteiger partial charge in [0.25, 0.3) is 0 Å². The third-order valence-electron chi connectivity index (χ3n) is 5.15. The summed E-state index contributed by atoms with van der Waals surface area (Å²) in [6, 6.07) is 8.63. The van der Waals surface area contributed by atoms with E-state index in [9.17, 15) is 4.79 Å². The average Bonchev–Trinajstić information content (AvgIpc) is 2.87. The zero-order chi connectivity index (χ0) is 17.9. The first kappa shape index (κ1) is 17.5. The molecule has 0 aliphatic carbocycles. The molecule has 1 aromatic carbocycles. The molecular weight excluding hydrogens is 346 g/mol. The fourth-order valence-corrected chi connectivity index (χ4v) is 4.75. The van der Waals surface area contributed by atoms with Gasteiger partial charge in [-0.1, -0.05) is 54.0 Å². The van der Waals surface area contributed by atoms with Crippen LogP contribution in [0.25, 0.3) is 0 Å². The monoisotopic (exact) mass is 371 g/mol. The molecule has 1 aromatic heterocycles. The molecule has 2 aliphatic heterocycles. The molecule has 1 atom stereocenters. The van der Waals surface area contributed by atoms with Crippen LogP contribution in [-0.2, 0) is 17.8 Å². The average molecular weight is 372 g/mol. The minimum absolute atomic E-state index is 0.0366. The van der Waals surface area contributed by atoms with Crippen LogP contribution in [0.5, 0.6) is 0 Å². The molecule has 1 fully saturated rings. The molecule has 1 saturated heterocycles. The Labute approximate surface area is 158 Å². The molecule has 4 rings (SSSR count). The minimum atomic E-state index is -0.0366. The van der Waals surface area contributed by atoms with Crippen molar-refractivity contribution in [3.05, 3.63) is 46.0 Å². The van der Waals surface area contributed by atoms with E-state index in [4.69, 9.17) is 4.74 Å². The van der Waals surface area contributed by atoms with Crippen molar-refractivity contribution in [2.75, 3.05) is 18.5 Å². The molecular formula is C20H25N3O2S. The van der Waals surface area contributed by atoms with Gasteiger partial charge < -0.3 is 9.64 Å². The van der Waals surface area contributed by atoms with E-state index in [0.717, 1.165) is 42.8 Å². The van der Waals surface area contributed by atoms with Gasteiger partial charge in [0.1, 0.15) is 0 Å². The van der Waals surface area contributed by atoms with Gasteiger partial charge in [0, 0.05) is 13.0 Å². The highest BCUT2D eigenvalue weighted by Crippen LogP contribution is 2.32. The lowest BCUT2D eigenvalue weighted by atomic mass is 9.99. The van der Waals surface area contributed by atoms with Gasteiger partial charge in [-0.25, -0.2) is 9.78 Å². The van der Waals surface area contributed by atoms with Crippen LogP contribution in [0.1, 0.15) is 53.4 Å². The van der Waals surface area contributed by atoms with Gasteiger partial charge in [0.05, 0.1) is 29.8 Å². The van der Waals surface area contributed by atoms with Crippen molar-refractivity contribution in [3.63, 3.8) is 0 Å². The first-order valence-corrected chi connectivity index (χ1v) is 10.2. The van der Waals surface area contributed by atoms with Crippen molar-refractivity contribution in [1.29, 1.82) is 0 Å². The number of likely N-dealkylation sites (tertiary alicyclic amines) is 1. The summed E-state index contributed by atoms with van der Waals surface area (Å²) in [7, 11) is 0. The van der Waals surface area contributed by atoms with E-state index >= 15 is 0 Å². The molecule has 6 heteroatoms. The quantitative estimate of drug-likeness (QED) is 0.834. The first-order chi connectivity index (χ1) is 12.7. The highest BCUT2D eigenvalue weighted by molar-refractivity contribution is 7.15. The number of benzene rings is 1. The number of hydrogen-bond donors (Lipinski definition) is 1. The second kappa shape index (κ2) is 7.76. The summed E-state index contributed by atoms with van der Waals surface area (Å²) >= 11 is 1.54. The number of thiazole rings is 1. The lowest BCUT2D eigenvalue weighted by molar-refractivity contribution is 0.112. The smallest absolute Gasteiger partial charge is 0.324 e. The van der Waals surface area contributed by atoms with Crippen molar-refractivity contribution >= 4 is 22.5 Å². The third-order valence-corrected chi connectivity index (χ3v) is 6.14. The SMILES string of the molecule is Cc1cccc([C@@H]2CCCCCN2C(=O)Nc2nc3c(s2)COCC3)c1. The van der Waals surface area contributed by atoms with Gasteiger partial charge >= 0.3 is 6.03 Å². The molecule has 1 N–H and O–H groups in total. The van der Waals surface area contributed by atoms with Gasteiger partial charge in [-0.15, -0.1) is 0 Å². The van der Waals surface area contributed by atoms with Gasteiger partial charge in [-0.3, -0.25) is 5.32 Å². The molecule has 138 valence electrons. The fourth-order valence-electron chi connectivity index (χ4n) is 3.82. The molecule has 0 bridgehead atoms. The normalized spacial score (nSPS) is 20.3. The number of aryl methyl sites for hydroxylation is 1. The van der Waals surface area contributed by atoms with Crippen molar-refractivity contribution in [1.82, 2.24) is 9.88 Å². The summed E-state index contributed by atoms with van der Waals surface area (Å²) in [6.07, 6.45) is 5.23. The molecule has 0 radical (unpaired) electrons. The Morgan fingerprint density at radius 3 is 3.12 bits per heavy atom. The molecule has 0 unspecified atom stereocenters. The topological polar surface area (TPSA) is 54.5 Å². The molecule has 2 aliphatic rings. The number of amides is 2. The predicted octanol–water partition coefficient (Wildman–Crippen LogP) is 4.67. The molecule has 3 heterocycles. The number of anilines is 1. The van der Waals surface area contributed by atoms with Crippen molar-refractivity contribution in [2.45, 2.75) is 51.7 Å². The van der Waals surface area contributed by atoms with Crippen LogP contribution < -0.4 is 5.32 Å². The fraction of sp³-hybridized carbons (Fsp3) is 0.500. The van der Waals surface area contributed by atoms with E-state index in [1.54, 1.807) is 0 Å². The van der Waals surface area contributed by atoms with Crippen molar-refractivity contribution < 1.29 is 9.53 Å². The Hall–Kier alpha value is -1.92. The number of rotatable bonds is 2. The van der Waals surface area contributed by atoms with Gasteiger partial charge in [-0.05, 0) is 25.3 Å². The summed E-state index contributed by atoms with van der Waals surface area (Å²) in [4.78, 5) is 20.8. The number of carbonyl (C=O) groups is 1. The zero-order valence-corrected chi connectivity index (χ0v) is 16.0. The lowest BCUT2D eigenvalue weighted by Gasteiger charge is -2.30. The Kier molecular flexibility index (Phi) is 5.22. The van der Waals surface area contributed by atoms with Crippen molar-refractivity contribution in [3.8, 4) is 0 Å². The number of fused-ring (bicyclic) bond motifs is 1.